The lowest BCUT2D eigenvalue weighted by Crippen LogP contribution is -2.27. The standard InChI is InChI=1S/C10H16N2S2/c1-7-8(2)14-10(12-7)5-11-9-3-4-13-6-9/h9,11H,3-6H2,1-2H3. The molecule has 2 heterocycles. The normalized spacial score (nSPS) is 21.7. The summed E-state index contributed by atoms with van der Waals surface area (Å²) in [6.07, 6.45) is 1.31. The fourth-order valence-corrected chi connectivity index (χ4v) is 3.61. The van der Waals surface area contributed by atoms with Gasteiger partial charge in [-0.1, -0.05) is 0 Å². The van der Waals surface area contributed by atoms with Gasteiger partial charge in [-0.2, -0.15) is 11.8 Å². The average Bonchev–Trinajstić information content (AvgIpc) is 2.74. The third kappa shape index (κ3) is 2.49. The first-order chi connectivity index (χ1) is 6.75. The zero-order valence-electron chi connectivity index (χ0n) is 8.67. The molecule has 14 heavy (non-hydrogen) atoms. The van der Waals surface area contributed by atoms with Gasteiger partial charge in [-0.3, -0.25) is 0 Å². The van der Waals surface area contributed by atoms with Crippen molar-refractivity contribution in [3.63, 3.8) is 0 Å². The summed E-state index contributed by atoms with van der Waals surface area (Å²) in [5.74, 6) is 2.58. The molecule has 0 radical (unpaired) electrons. The van der Waals surface area contributed by atoms with Crippen LogP contribution in [-0.2, 0) is 6.54 Å². The van der Waals surface area contributed by atoms with Crippen LogP contribution in [0.25, 0.3) is 0 Å². The van der Waals surface area contributed by atoms with E-state index in [4.69, 9.17) is 0 Å². The maximum atomic E-state index is 4.52. The molecule has 2 nitrogen and oxygen atoms in total. The number of nitrogens with zero attached hydrogens (tertiary/aromatic N) is 1. The Morgan fingerprint density at radius 3 is 2.93 bits per heavy atom. The van der Waals surface area contributed by atoms with Gasteiger partial charge in [0.15, 0.2) is 0 Å². The summed E-state index contributed by atoms with van der Waals surface area (Å²) in [6.45, 7) is 5.17. The van der Waals surface area contributed by atoms with Crippen LogP contribution in [0.5, 0.6) is 0 Å². The molecule has 4 heteroatoms. The van der Waals surface area contributed by atoms with Crippen LogP contribution in [0, 0.1) is 13.8 Å². The first kappa shape index (κ1) is 10.5. The van der Waals surface area contributed by atoms with Crippen molar-refractivity contribution in [2.75, 3.05) is 11.5 Å². The second kappa shape index (κ2) is 4.64. The Kier molecular flexibility index (Phi) is 3.47. The van der Waals surface area contributed by atoms with E-state index in [1.54, 1.807) is 0 Å². The summed E-state index contributed by atoms with van der Waals surface area (Å²) in [6, 6.07) is 0.713. The van der Waals surface area contributed by atoms with Gasteiger partial charge in [-0.25, -0.2) is 4.98 Å². The molecule has 0 spiro atoms. The lowest BCUT2D eigenvalue weighted by atomic mass is 10.3. The number of thiazole rings is 1. The van der Waals surface area contributed by atoms with Crippen molar-refractivity contribution in [2.24, 2.45) is 0 Å². The highest BCUT2D eigenvalue weighted by molar-refractivity contribution is 7.99. The molecule has 78 valence electrons. The first-order valence-corrected chi connectivity index (χ1v) is 6.97. The molecule has 2 rings (SSSR count). The summed E-state index contributed by atoms with van der Waals surface area (Å²) < 4.78 is 0. The molecular formula is C10H16N2S2. The molecule has 1 N–H and O–H groups in total. The molecule has 1 aromatic rings. The molecule has 0 aliphatic carbocycles. The van der Waals surface area contributed by atoms with Crippen molar-refractivity contribution in [3.8, 4) is 0 Å². The van der Waals surface area contributed by atoms with E-state index in [0.717, 1.165) is 6.54 Å². The smallest absolute Gasteiger partial charge is 0.107 e. The minimum absolute atomic E-state index is 0.713. The first-order valence-electron chi connectivity index (χ1n) is 5.00. The second-order valence-electron chi connectivity index (χ2n) is 3.69. The predicted octanol–water partition coefficient (Wildman–Crippen LogP) is 2.36. The van der Waals surface area contributed by atoms with Gasteiger partial charge in [-0.15, -0.1) is 11.3 Å². The molecule has 0 aromatic carbocycles. The topological polar surface area (TPSA) is 24.9 Å². The lowest BCUT2D eigenvalue weighted by molar-refractivity contribution is 0.556. The molecule has 1 aromatic heterocycles. The Morgan fingerprint density at radius 1 is 1.50 bits per heavy atom. The van der Waals surface area contributed by atoms with Crippen LogP contribution in [-0.4, -0.2) is 22.5 Å². The van der Waals surface area contributed by atoms with Crippen LogP contribution in [0.15, 0.2) is 0 Å². The minimum atomic E-state index is 0.713. The fraction of sp³-hybridized carbons (Fsp3) is 0.700. The maximum Gasteiger partial charge on any atom is 0.107 e. The SMILES string of the molecule is Cc1nc(CNC2CCSC2)sc1C. The van der Waals surface area contributed by atoms with E-state index in [-0.39, 0.29) is 0 Å². The van der Waals surface area contributed by atoms with E-state index >= 15 is 0 Å². The predicted molar refractivity (Wildman–Crippen MR) is 64.2 cm³/mol. The molecule has 1 aliphatic heterocycles. The van der Waals surface area contributed by atoms with Crippen molar-refractivity contribution in [1.82, 2.24) is 10.3 Å². The van der Waals surface area contributed by atoms with Crippen LogP contribution in [0.3, 0.4) is 0 Å². The summed E-state index contributed by atoms with van der Waals surface area (Å²) >= 11 is 3.86. The van der Waals surface area contributed by atoms with Crippen LogP contribution in [0.2, 0.25) is 0 Å². The largest absolute Gasteiger partial charge is 0.307 e. The quantitative estimate of drug-likeness (QED) is 0.859. The van der Waals surface area contributed by atoms with Gasteiger partial charge in [-0.05, 0) is 26.0 Å². The molecule has 1 atom stereocenters. The number of hydrogen-bond acceptors (Lipinski definition) is 4. The average molecular weight is 228 g/mol. The number of aryl methyl sites for hydroxylation is 2. The molecule has 1 saturated heterocycles. The highest BCUT2D eigenvalue weighted by Crippen LogP contribution is 2.19. The van der Waals surface area contributed by atoms with Crippen molar-refractivity contribution in [3.05, 3.63) is 15.6 Å². The number of hydrogen-bond donors (Lipinski definition) is 1. The lowest BCUT2D eigenvalue weighted by Gasteiger charge is -2.08. The number of nitrogens with one attached hydrogen (secondary N) is 1. The molecule has 1 unspecified atom stereocenters. The Morgan fingerprint density at radius 2 is 2.36 bits per heavy atom. The van der Waals surface area contributed by atoms with Gasteiger partial charge in [0.25, 0.3) is 0 Å². The van der Waals surface area contributed by atoms with Crippen LogP contribution >= 0.6 is 23.1 Å². The minimum Gasteiger partial charge on any atom is -0.307 e. The summed E-state index contributed by atoms with van der Waals surface area (Å²) in [4.78, 5) is 5.87. The van der Waals surface area contributed by atoms with Crippen molar-refractivity contribution in [1.29, 1.82) is 0 Å². The number of rotatable bonds is 3. The zero-order chi connectivity index (χ0) is 9.97. The Balaban J connectivity index is 1.85. The van der Waals surface area contributed by atoms with E-state index in [1.807, 2.05) is 23.1 Å². The van der Waals surface area contributed by atoms with Crippen LogP contribution in [0.4, 0.5) is 0 Å². The van der Waals surface area contributed by atoms with Gasteiger partial charge < -0.3 is 5.32 Å². The van der Waals surface area contributed by atoms with E-state index in [2.05, 4.69) is 24.1 Å². The van der Waals surface area contributed by atoms with Crippen LogP contribution < -0.4 is 5.32 Å². The molecule has 0 saturated carbocycles. The second-order valence-corrected chi connectivity index (χ2v) is 6.13. The van der Waals surface area contributed by atoms with Crippen molar-refractivity contribution < 1.29 is 0 Å². The molecule has 1 fully saturated rings. The number of thioether (sulfide) groups is 1. The third-order valence-corrected chi connectivity index (χ3v) is 4.78. The highest BCUT2D eigenvalue weighted by Gasteiger charge is 2.15. The summed E-state index contributed by atoms with van der Waals surface area (Å²) in [5.41, 5.74) is 1.19. The molecule has 0 amide bonds. The Bertz CT molecular complexity index is 284. The Hall–Kier alpha value is -0.0600. The fourth-order valence-electron chi connectivity index (χ4n) is 1.54. The van der Waals surface area contributed by atoms with E-state index in [1.165, 1.54) is 33.5 Å². The maximum absolute atomic E-state index is 4.52. The Labute approximate surface area is 93.5 Å². The monoisotopic (exact) mass is 228 g/mol. The van der Waals surface area contributed by atoms with Gasteiger partial charge in [0.2, 0.25) is 0 Å². The third-order valence-electron chi connectivity index (χ3n) is 2.54. The van der Waals surface area contributed by atoms with Gasteiger partial charge in [0.1, 0.15) is 5.01 Å². The van der Waals surface area contributed by atoms with Crippen molar-refractivity contribution in [2.45, 2.75) is 32.9 Å². The van der Waals surface area contributed by atoms with Gasteiger partial charge >= 0.3 is 0 Å². The summed E-state index contributed by atoms with van der Waals surface area (Å²) in [7, 11) is 0. The van der Waals surface area contributed by atoms with Gasteiger partial charge in [0, 0.05) is 23.2 Å². The highest BCUT2D eigenvalue weighted by atomic mass is 32.2. The van der Waals surface area contributed by atoms with E-state index in [0.29, 0.717) is 6.04 Å². The molecule has 1 aliphatic rings. The van der Waals surface area contributed by atoms with Gasteiger partial charge in [0.05, 0.1) is 5.69 Å². The molecular weight excluding hydrogens is 212 g/mol. The summed E-state index contributed by atoms with van der Waals surface area (Å²) in [5, 5.41) is 4.80. The zero-order valence-corrected chi connectivity index (χ0v) is 10.3. The van der Waals surface area contributed by atoms with E-state index in [9.17, 15) is 0 Å². The number of aromatic nitrogens is 1. The van der Waals surface area contributed by atoms with E-state index < -0.39 is 0 Å². The van der Waals surface area contributed by atoms with Crippen LogP contribution in [0.1, 0.15) is 22.0 Å². The molecule has 0 bridgehead atoms. The van der Waals surface area contributed by atoms with Crippen molar-refractivity contribution >= 4 is 23.1 Å².